The Kier molecular flexibility index (Phi) is 4.29. The van der Waals surface area contributed by atoms with Crippen LogP contribution in [0, 0.1) is 0 Å². The predicted molar refractivity (Wildman–Crippen MR) is 81.7 cm³/mol. The summed E-state index contributed by atoms with van der Waals surface area (Å²) < 4.78 is 1.88. The first-order chi connectivity index (χ1) is 9.40. The molecule has 0 saturated carbocycles. The largest absolute Gasteiger partial charge is 0.388 e. The topological polar surface area (TPSA) is 38.0 Å². The number of aromatic nitrogens is 2. The minimum atomic E-state index is -0.474. The Morgan fingerprint density at radius 2 is 1.85 bits per heavy atom. The van der Waals surface area contributed by atoms with Gasteiger partial charge in [-0.1, -0.05) is 45.0 Å². The number of hydrogen-bond acceptors (Lipinski definition) is 2. The first kappa shape index (κ1) is 14.8. The van der Waals surface area contributed by atoms with Gasteiger partial charge < -0.3 is 5.11 Å². The van der Waals surface area contributed by atoms with Crippen LogP contribution in [0.4, 0.5) is 0 Å². The molecule has 0 aliphatic heterocycles. The normalized spacial score (nSPS) is 13.4. The van der Waals surface area contributed by atoms with Gasteiger partial charge >= 0.3 is 0 Å². The summed E-state index contributed by atoms with van der Waals surface area (Å²) >= 11 is 0. The van der Waals surface area contributed by atoms with Gasteiger partial charge in [0.05, 0.1) is 12.3 Å². The van der Waals surface area contributed by atoms with Gasteiger partial charge in [-0.25, -0.2) is 0 Å². The monoisotopic (exact) mass is 272 g/mol. The van der Waals surface area contributed by atoms with Gasteiger partial charge in [-0.05, 0) is 29.0 Å². The molecule has 1 unspecified atom stereocenters. The molecule has 108 valence electrons. The Labute approximate surface area is 121 Å². The molecule has 3 nitrogen and oxygen atoms in total. The SMILES string of the molecule is CCn1cc(CC(O)c2ccc(C(C)(C)C)cc2)cn1. The maximum absolute atomic E-state index is 10.3. The number of aliphatic hydroxyl groups is 1. The molecule has 3 heteroatoms. The summed E-state index contributed by atoms with van der Waals surface area (Å²) in [6.45, 7) is 9.49. The van der Waals surface area contributed by atoms with E-state index in [2.05, 4.69) is 44.9 Å². The second kappa shape index (κ2) is 5.80. The van der Waals surface area contributed by atoms with Crippen LogP contribution in [0.1, 0.15) is 50.5 Å². The molecule has 1 heterocycles. The van der Waals surface area contributed by atoms with Crippen LogP contribution in [-0.2, 0) is 18.4 Å². The lowest BCUT2D eigenvalue weighted by atomic mass is 9.86. The lowest BCUT2D eigenvalue weighted by Gasteiger charge is -2.20. The van der Waals surface area contributed by atoms with Gasteiger partial charge in [0.15, 0.2) is 0 Å². The van der Waals surface area contributed by atoms with E-state index in [0.29, 0.717) is 6.42 Å². The molecule has 1 N–H and O–H groups in total. The van der Waals surface area contributed by atoms with Crippen LogP contribution in [0.5, 0.6) is 0 Å². The second-order valence-corrected chi connectivity index (χ2v) is 6.30. The summed E-state index contributed by atoms with van der Waals surface area (Å²) in [4.78, 5) is 0. The summed E-state index contributed by atoms with van der Waals surface area (Å²) in [5.41, 5.74) is 3.46. The van der Waals surface area contributed by atoms with E-state index in [1.807, 2.05) is 29.2 Å². The van der Waals surface area contributed by atoms with Crippen molar-refractivity contribution in [2.45, 2.75) is 52.2 Å². The van der Waals surface area contributed by atoms with Crippen molar-refractivity contribution < 1.29 is 5.11 Å². The molecule has 0 radical (unpaired) electrons. The molecular weight excluding hydrogens is 248 g/mol. The molecule has 0 aliphatic rings. The Hall–Kier alpha value is -1.61. The minimum absolute atomic E-state index is 0.145. The van der Waals surface area contributed by atoms with Crippen LogP contribution in [0.15, 0.2) is 36.7 Å². The zero-order valence-electron chi connectivity index (χ0n) is 12.8. The number of rotatable bonds is 4. The van der Waals surface area contributed by atoms with E-state index in [-0.39, 0.29) is 5.41 Å². The fraction of sp³-hybridized carbons (Fsp3) is 0.471. The third-order valence-corrected chi connectivity index (χ3v) is 3.60. The van der Waals surface area contributed by atoms with E-state index >= 15 is 0 Å². The molecule has 2 aromatic rings. The maximum atomic E-state index is 10.3. The predicted octanol–water partition coefficient (Wildman–Crippen LogP) is 3.48. The number of nitrogens with zero attached hydrogens (tertiary/aromatic N) is 2. The molecule has 0 amide bonds. The van der Waals surface area contributed by atoms with Gasteiger partial charge in [-0.15, -0.1) is 0 Å². The summed E-state index contributed by atoms with van der Waals surface area (Å²) in [5.74, 6) is 0. The van der Waals surface area contributed by atoms with E-state index in [9.17, 15) is 5.11 Å². The molecule has 20 heavy (non-hydrogen) atoms. The zero-order chi connectivity index (χ0) is 14.8. The van der Waals surface area contributed by atoms with Crippen LogP contribution in [0.2, 0.25) is 0 Å². The lowest BCUT2D eigenvalue weighted by Crippen LogP contribution is -2.11. The van der Waals surface area contributed by atoms with Crippen molar-refractivity contribution >= 4 is 0 Å². The van der Waals surface area contributed by atoms with Crippen molar-refractivity contribution in [3.8, 4) is 0 Å². The van der Waals surface area contributed by atoms with Crippen molar-refractivity contribution in [3.63, 3.8) is 0 Å². The van der Waals surface area contributed by atoms with E-state index in [0.717, 1.165) is 17.7 Å². The average molecular weight is 272 g/mol. The van der Waals surface area contributed by atoms with Gasteiger partial charge in [0.1, 0.15) is 0 Å². The highest BCUT2D eigenvalue weighted by atomic mass is 16.3. The highest BCUT2D eigenvalue weighted by Gasteiger charge is 2.15. The fourth-order valence-electron chi connectivity index (χ4n) is 2.23. The number of benzene rings is 1. The summed E-state index contributed by atoms with van der Waals surface area (Å²) in [6.07, 6.45) is 3.95. The first-order valence-corrected chi connectivity index (χ1v) is 7.20. The summed E-state index contributed by atoms with van der Waals surface area (Å²) in [6, 6.07) is 8.26. The van der Waals surface area contributed by atoms with Crippen LogP contribution in [-0.4, -0.2) is 14.9 Å². The van der Waals surface area contributed by atoms with Gasteiger partial charge in [0.2, 0.25) is 0 Å². The highest BCUT2D eigenvalue weighted by molar-refractivity contribution is 5.29. The molecule has 0 saturated heterocycles. The average Bonchev–Trinajstić information content (AvgIpc) is 2.85. The number of hydrogen-bond donors (Lipinski definition) is 1. The van der Waals surface area contributed by atoms with Crippen molar-refractivity contribution in [1.29, 1.82) is 0 Å². The van der Waals surface area contributed by atoms with Crippen LogP contribution in [0.25, 0.3) is 0 Å². The second-order valence-electron chi connectivity index (χ2n) is 6.30. The fourth-order valence-corrected chi connectivity index (χ4v) is 2.23. The Morgan fingerprint density at radius 3 is 2.35 bits per heavy atom. The molecule has 1 aromatic heterocycles. The van der Waals surface area contributed by atoms with Crippen LogP contribution >= 0.6 is 0 Å². The Morgan fingerprint density at radius 1 is 1.20 bits per heavy atom. The number of aliphatic hydroxyl groups excluding tert-OH is 1. The summed E-state index contributed by atoms with van der Waals surface area (Å²) in [5, 5.41) is 14.5. The third-order valence-electron chi connectivity index (χ3n) is 3.60. The summed E-state index contributed by atoms with van der Waals surface area (Å²) in [7, 11) is 0. The molecule has 0 fully saturated rings. The van der Waals surface area contributed by atoms with Crippen molar-refractivity contribution in [3.05, 3.63) is 53.3 Å². The lowest BCUT2D eigenvalue weighted by molar-refractivity contribution is 0.178. The van der Waals surface area contributed by atoms with Gasteiger partial charge in [0, 0.05) is 19.2 Å². The first-order valence-electron chi connectivity index (χ1n) is 7.20. The molecule has 2 rings (SSSR count). The van der Waals surface area contributed by atoms with E-state index in [4.69, 9.17) is 0 Å². The zero-order valence-corrected chi connectivity index (χ0v) is 12.8. The Balaban J connectivity index is 2.07. The standard InChI is InChI=1S/C17H24N2O/c1-5-19-12-13(11-18-19)10-16(20)14-6-8-15(9-7-14)17(2,3)4/h6-9,11-12,16,20H,5,10H2,1-4H3. The highest BCUT2D eigenvalue weighted by Crippen LogP contribution is 2.25. The van der Waals surface area contributed by atoms with E-state index in [1.165, 1.54) is 5.56 Å². The van der Waals surface area contributed by atoms with E-state index in [1.54, 1.807) is 0 Å². The quantitative estimate of drug-likeness (QED) is 0.925. The molecular formula is C17H24N2O. The third kappa shape index (κ3) is 3.48. The Bertz CT molecular complexity index is 549. The van der Waals surface area contributed by atoms with Crippen LogP contribution < -0.4 is 0 Å². The van der Waals surface area contributed by atoms with Gasteiger partial charge in [-0.2, -0.15) is 5.10 Å². The molecule has 1 atom stereocenters. The molecule has 0 aliphatic carbocycles. The smallest absolute Gasteiger partial charge is 0.0831 e. The van der Waals surface area contributed by atoms with Crippen molar-refractivity contribution in [2.75, 3.05) is 0 Å². The minimum Gasteiger partial charge on any atom is -0.388 e. The maximum Gasteiger partial charge on any atom is 0.0831 e. The molecule has 1 aromatic carbocycles. The molecule has 0 bridgehead atoms. The van der Waals surface area contributed by atoms with Gasteiger partial charge in [0.25, 0.3) is 0 Å². The van der Waals surface area contributed by atoms with Gasteiger partial charge in [-0.3, -0.25) is 4.68 Å². The van der Waals surface area contributed by atoms with E-state index < -0.39 is 6.10 Å². The number of aryl methyl sites for hydroxylation is 1. The van der Waals surface area contributed by atoms with Crippen molar-refractivity contribution in [1.82, 2.24) is 9.78 Å². The van der Waals surface area contributed by atoms with Crippen molar-refractivity contribution in [2.24, 2.45) is 0 Å². The molecule has 0 spiro atoms. The van der Waals surface area contributed by atoms with Crippen LogP contribution in [0.3, 0.4) is 0 Å².